The van der Waals surface area contributed by atoms with Crippen molar-refractivity contribution in [2.75, 3.05) is 11.1 Å². The summed E-state index contributed by atoms with van der Waals surface area (Å²) in [6.45, 7) is 4.10. The first kappa shape index (κ1) is 19.3. The number of thioether (sulfide) groups is 1. The van der Waals surface area contributed by atoms with Gasteiger partial charge in [0.05, 0.1) is 0 Å². The van der Waals surface area contributed by atoms with Crippen molar-refractivity contribution in [2.45, 2.75) is 31.6 Å². The van der Waals surface area contributed by atoms with Crippen LogP contribution in [0.4, 0.5) is 9.93 Å². The lowest BCUT2D eigenvalue weighted by molar-refractivity contribution is -0.117. The van der Waals surface area contributed by atoms with Gasteiger partial charge >= 0.3 is 6.09 Å². The molecule has 2 aromatic rings. The number of anilines is 1. The Labute approximate surface area is 155 Å². The number of amides is 2. The third-order valence-electron chi connectivity index (χ3n) is 3.33. The molecule has 0 fully saturated rings. The molecule has 1 aromatic carbocycles. The quantitative estimate of drug-likeness (QED) is 0.649. The number of hydrogen-bond donors (Lipinski definition) is 3. The summed E-state index contributed by atoms with van der Waals surface area (Å²) in [4.78, 5) is 28.6. The Bertz CT molecular complexity index is 704. The predicted molar refractivity (Wildman–Crippen MR) is 102 cm³/mol. The Kier molecular flexibility index (Phi) is 7.27. The molecule has 1 aromatic heterocycles. The van der Waals surface area contributed by atoms with Crippen LogP contribution < -0.4 is 10.6 Å². The lowest BCUT2D eigenvalue weighted by Gasteiger charge is -2.15. The highest BCUT2D eigenvalue weighted by atomic mass is 32.2. The maximum atomic E-state index is 12.4. The van der Waals surface area contributed by atoms with Gasteiger partial charge in [-0.05, 0) is 11.5 Å². The highest BCUT2D eigenvalue weighted by Crippen LogP contribution is 2.25. The van der Waals surface area contributed by atoms with Crippen LogP contribution in [0, 0.1) is 0 Å². The first-order valence-electron chi connectivity index (χ1n) is 7.83. The Hall–Kier alpha value is -2.06. The fourth-order valence-corrected chi connectivity index (χ4v) is 3.84. The number of carbonyl (C=O) groups excluding carboxylic acids is 1. The van der Waals surface area contributed by atoms with Crippen molar-refractivity contribution in [3.05, 3.63) is 47.0 Å². The third-order valence-corrected chi connectivity index (χ3v) is 5.65. The fourth-order valence-electron chi connectivity index (χ4n) is 2.00. The number of rotatable bonds is 8. The summed E-state index contributed by atoms with van der Waals surface area (Å²) < 4.78 is 0. The van der Waals surface area contributed by atoms with Crippen molar-refractivity contribution in [1.82, 2.24) is 10.3 Å². The maximum Gasteiger partial charge on any atom is 0.405 e. The van der Waals surface area contributed by atoms with Crippen LogP contribution in [0.5, 0.6) is 0 Å². The lowest BCUT2D eigenvalue weighted by atomic mass is 10.2. The van der Waals surface area contributed by atoms with Crippen LogP contribution in [0.25, 0.3) is 0 Å². The average Bonchev–Trinajstić information content (AvgIpc) is 3.03. The summed E-state index contributed by atoms with van der Waals surface area (Å²) in [5.74, 6) is 0.987. The zero-order valence-electron chi connectivity index (χ0n) is 14.1. The number of nitrogens with one attached hydrogen (secondary N) is 2. The highest BCUT2D eigenvalue weighted by molar-refractivity contribution is 7.98. The van der Waals surface area contributed by atoms with E-state index < -0.39 is 18.0 Å². The molecule has 8 heteroatoms. The molecule has 1 atom stereocenters. The van der Waals surface area contributed by atoms with Crippen LogP contribution in [-0.2, 0) is 10.5 Å². The largest absolute Gasteiger partial charge is 0.465 e. The Balaban J connectivity index is 1.92. The van der Waals surface area contributed by atoms with Gasteiger partial charge in [-0.1, -0.05) is 44.2 Å². The van der Waals surface area contributed by atoms with Crippen molar-refractivity contribution in [2.24, 2.45) is 0 Å². The Morgan fingerprint density at radius 3 is 2.60 bits per heavy atom. The topological polar surface area (TPSA) is 91.3 Å². The van der Waals surface area contributed by atoms with E-state index in [1.807, 2.05) is 44.2 Å². The van der Waals surface area contributed by atoms with Gasteiger partial charge < -0.3 is 15.7 Å². The van der Waals surface area contributed by atoms with Gasteiger partial charge in [-0.3, -0.25) is 4.79 Å². The lowest BCUT2D eigenvalue weighted by Crippen LogP contribution is -2.45. The van der Waals surface area contributed by atoms with Gasteiger partial charge in [0, 0.05) is 22.6 Å². The van der Waals surface area contributed by atoms with E-state index in [1.165, 1.54) is 23.1 Å². The van der Waals surface area contributed by atoms with Crippen molar-refractivity contribution in [3.63, 3.8) is 0 Å². The number of nitrogens with zero attached hydrogens (tertiary/aromatic N) is 1. The van der Waals surface area contributed by atoms with Crippen LogP contribution in [0.15, 0.2) is 36.5 Å². The summed E-state index contributed by atoms with van der Waals surface area (Å²) in [6, 6.07) is 8.99. The first-order chi connectivity index (χ1) is 12.0. The van der Waals surface area contributed by atoms with E-state index in [-0.39, 0.29) is 0 Å². The van der Waals surface area contributed by atoms with E-state index in [2.05, 4.69) is 15.6 Å². The third kappa shape index (κ3) is 6.39. The molecule has 0 bridgehead atoms. The molecule has 134 valence electrons. The van der Waals surface area contributed by atoms with Gasteiger partial charge in [-0.15, -0.1) is 11.3 Å². The van der Waals surface area contributed by atoms with Gasteiger partial charge in [-0.2, -0.15) is 11.8 Å². The molecular weight excluding hydrogens is 358 g/mol. The second-order valence-electron chi connectivity index (χ2n) is 5.71. The number of hydrogen-bond acceptors (Lipinski definition) is 5. The smallest absolute Gasteiger partial charge is 0.405 e. The molecule has 2 rings (SSSR count). The zero-order valence-corrected chi connectivity index (χ0v) is 15.7. The van der Waals surface area contributed by atoms with E-state index in [9.17, 15) is 9.59 Å². The molecular formula is C17H21N3O3S2. The molecule has 6 nitrogen and oxygen atoms in total. The molecule has 2 amide bonds. The van der Waals surface area contributed by atoms with E-state index in [0.717, 1.165) is 10.4 Å². The van der Waals surface area contributed by atoms with E-state index in [0.29, 0.717) is 22.6 Å². The molecule has 0 radical (unpaired) electrons. The minimum atomic E-state index is -1.22. The fraction of sp³-hybridized carbons (Fsp3) is 0.353. The molecule has 0 aliphatic carbocycles. The number of thiazole rings is 1. The van der Waals surface area contributed by atoms with Gasteiger partial charge in [0.2, 0.25) is 5.91 Å². The summed E-state index contributed by atoms with van der Waals surface area (Å²) in [6.07, 6.45) is 0.511. The van der Waals surface area contributed by atoms with Crippen LogP contribution in [0.1, 0.15) is 30.2 Å². The van der Waals surface area contributed by atoms with Crippen molar-refractivity contribution < 1.29 is 14.7 Å². The summed E-state index contributed by atoms with van der Waals surface area (Å²) in [5.41, 5.74) is 1.13. The summed E-state index contributed by atoms with van der Waals surface area (Å²) >= 11 is 2.90. The molecule has 1 heterocycles. The monoisotopic (exact) mass is 379 g/mol. The molecule has 0 spiro atoms. The van der Waals surface area contributed by atoms with Crippen molar-refractivity contribution in [1.29, 1.82) is 0 Å². The molecule has 25 heavy (non-hydrogen) atoms. The maximum absolute atomic E-state index is 12.4. The number of benzene rings is 1. The molecule has 0 aliphatic rings. The number of aromatic nitrogens is 1. The highest BCUT2D eigenvalue weighted by Gasteiger charge is 2.22. The van der Waals surface area contributed by atoms with Crippen LogP contribution >= 0.6 is 23.1 Å². The number of carboxylic acid groups (broad SMARTS) is 1. The van der Waals surface area contributed by atoms with Gasteiger partial charge in [-0.25, -0.2) is 9.78 Å². The van der Waals surface area contributed by atoms with Crippen LogP contribution in [0.3, 0.4) is 0 Å². The Morgan fingerprint density at radius 2 is 2.00 bits per heavy atom. The van der Waals surface area contributed by atoms with E-state index >= 15 is 0 Å². The minimum absolute atomic E-state index is 0.331. The van der Waals surface area contributed by atoms with Crippen LogP contribution in [-0.4, -0.2) is 33.9 Å². The van der Waals surface area contributed by atoms with Crippen molar-refractivity contribution in [3.8, 4) is 0 Å². The average molecular weight is 380 g/mol. The second-order valence-corrected chi connectivity index (χ2v) is 7.81. The minimum Gasteiger partial charge on any atom is -0.465 e. The molecule has 0 aliphatic heterocycles. The standard InChI is InChI=1S/C17H21N3O3S2/c1-11(2)14-8-18-16(25-14)20-15(21)13(19-17(22)23)10-24-9-12-6-4-3-5-7-12/h3-8,11,13,19H,9-10H2,1-2H3,(H,22,23)(H,18,20,21)/t13-/m0/s1. The van der Waals surface area contributed by atoms with Gasteiger partial charge in [0.1, 0.15) is 6.04 Å². The van der Waals surface area contributed by atoms with E-state index in [1.54, 1.807) is 6.20 Å². The predicted octanol–water partition coefficient (Wildman–Crippen LogP) is 3.77. The van der Waals surface area contributed by atoms with E-state index in [4.69, 9.17) is 5.11 Å². The first-order valence-corrected chi connectivity index (χ1v) is 9.80. The van der Waals surface area contributed by atoms with Crippen molar-refractivity contribution >= 4 is 40.2 Å². The van der Waals surface area contributed by atoms with Gasteiger partial charge in [0.15, 0.2) is 5.13 Å². The molecule has 3 N–H and O–H groups in total. The molecule has 0 unspecified atom stereocenters. The summed E-state index contributed by atoms with van der Waals surface area (Å²) in [5, 5.41) is 14.4. The van der Waals surface area contributed by atoms with Crippen LogP contribution in [0.2, 0.25) is 0 Å². The SMILES string of the molecule is CC(C)c1cnc(NC(=O)[C@H](CSCc2ccccc2)NC(=O)O)s1. The summed E-state index contributed by atoms with van der Waals surface area (Å²) in [7, 11) is 0. The second kappa shape index (κ2) is 9.43. The number of carbonyl (C=O) groups is 2. The molecule has 0 saturated heterocycles. The Morgan fingerprint density at radius 1 is 1.28 bits per heavy atom. The molecule has 0 saturated carbocycles. The zero-order chi connectivity index (χ0) is 18.2. The van der Waals surface area contributed by atoms with Gasteiger partial charge in [0.25, 0.3) is 0 Å². The normalized spacial score (nSPS) is 12.0.